The maximum absolute atomic E-state index is 12.1. The minimum Gasteiger partial charge on any atom is -0.348 e. The first-order valence-electron chi connectivity index (χ1n) is 8.33. The number of carbonyl (C=O) groups excluding carboxylic acids is 1. The molecule has 1 amide bonds. The Labute approximate surface area is 136 Å². The second-order valence-corrected chi connectivity index (χ2v) is 7.28. The van der Waals surface area contributed by atoms with Gasteiger partial charge in [-0.3, -0.25) is 4.79 Å². The van der Waals surface area contributed by atoms with Crippen molar-refractivity contribution >= 4 is 5.91 Å². The van der Waals surface area contributed by atoms with Crippen molar-refractivity contribution in [3.8, 4) is 0 Å². The average molecular weight is 329 g/mol. The lowest BCUT2D eigenvalue weighted by Gasteiger charge is -2.29. The van der Waals surface area contributed by atoms with Gasteiger partial charge in [0.05, 0.1) is 12.6 Å². The van der Waals surface area contributed by atoms with Crippen LogP contribution in [0.3, 0.4) is 0 Å². The van der Waals surface area contributed by atoms with E-state index in [4.69, 9.17) is 23.7 Å². The maximum atomic E-state index is 12.1. The van der Waals surface area contributed by atoms with Crippen LogP contribution in [-0.4, -0.2) is 54.7 Å². The molecule has 3 aliphatic heterocycles. The zero-order chi connectivity index (χ0) is 16.8. The quantitative estimate of drug-likeness (QED) is 0.838. The van der Waals surface area contributed by atoms with Gasteiger partial charge in [0.25, 0.3) is 0 Å². The number of ether oxygens (including phenoxy) is 5. The number of nitrogens with one attached hydrogen (secondary N) is 1. The van der Waals surface area contributed by atoms with Crippen LogP contribution in [0.15, 0.2) is 0 Å². The largest absolute Gasteiger partial charge is 0.348 e. The van der Waals surface area contributed by atoms with E-state index < -0.39 is 17.9 Å². The van der Waals surface area contributed by atoms with E-state index in [-0.39, 0.29) is 30.3 Å². The van der Waals surface area contributed by atoms with Crippen molar-refractivity contribution in [2.75, 3.05) is 6.61 Å². The molecule has 0 bridgehead atoms. The van der Waals surface area contributed by atoms with Gasteiger partial charge in [-0.1, -0.05) is 6.92 Å². The first-order chi connectivity index (χ1) is 10.7. The van der Waals surface area contributed by atoms with Gasteiger partial charge < -0.3 is 29.0 Å². The molecular formula is C16H27NO6. The standard InChI is InChI=1S/C16H27NO6/c1-6-7-10(18)17-11-12(9-8-19-15(2,3)21-9)20-14-13(11)22-16(4,5)23-14/h9,11-14H,6-8H2,1-5H3,(H,17,18)/t9-,11-,12-,13-,14-/m1/s1. The van der Waals surface area contributed by atoms with Crippen molar-refractivity contribution in [1.82, 2.24) is 5.32 Å². The zero-order valence-corrected chi connectivity index (χ0v) is 14.5. The van der Waals surface area contributed by atoms with E-state index in [0.29, 0.717) is 13.0 Å². The highest BCUT2D eigenvalue weighted by Crippen LogP contribution is 2.40. The van der Waals surface area contributed by atoms with E-state index in [1.807, 2.05) is 34.6 Å². The van der Waals surface area contributed by atoms with E-state index in [1.54, 1.807) is 0 Å². The lowest BCUT2D eigenvalue weighted by Crippen LogP contribution is -2.52. The number of amides is 1. The molecule has 0 aromatic rings. The van der Waals surface area contributed by atoms with E-state index in [0.717, 1.165) is 6.42 Å². The zero-order valence-electron chi connectivity index (χ0n) is 14.5. The van der Waals surface area contributed by atoms with Crippen molar-refractivity contribution in [3.63, 3.8) is 0 Å². The Morgan fingerprint density at radius 1 is 1.09 bits per heavy atom. The van der Waals surface area contributed by atoms with Gasteiger partial charge in [-0.15, -0.1) is 0 Å². The number of hydrogen-bond donors (Lipinski definition) is 1. The predicted octanol–water partition coefficient (Wildman–Crippen LogP) is 1.30. The van der Waals surface area contributed by atoms with E-state index in [9.17, 15) is 4.79 Å². The molecule has 7 heteroatoms. The molecule has 0 aromatic carbocycles. The molecule has 3 rings (SSSR count). The summed E-state index contributed by atoms with van der Waals surface area (Å²) in [6, 6.07) is -0.316. The van der Waals surface area contributed by atoms with Gasteiger partial charge in [0, 0.05) is 6.42 Å². The summed E-state index contributed by atoms with van der Waals surface area (Å²) in [6.07, 6.45) is -0.214. The van der Waals surface area contributed by atoms with Crippen molar-refractivity contribution in [2.45, 2.75) is 89.7 Å². The van der Waals surface area contributed by atoms with Crippen LogP contribution in [0.25, 0.3) is 0 Å². The van der Waals surface area contributed by atoms with Crippen LogP contribution in [0.5, 0.6) is 0 Å². The predicted molar refractivity (Wildman–Crippen MR) is 80.4 cm³/mol. The Morgan fingerprint density at radius 3 is 2.43 bits per heavy atom. The second kappa shape index (κ2) is 5.97. The van der Waals surface area contributed by atoms with Gasteiger partial charge in [-0.25, -0.2) is 0 Å². The van der Waals surface area contributed by atoms with Gasteiger partial charge in [0.2, 0.25) is 5.91 Å². The summed E-state index contributed by atoms with van der Waals surface area (Å²) in [5, 5.41) is 3.04. The van der Waals surface area contributed by atoms with Gasteiger partial charge in [0.15, 0.2) is 17.9 Å². The molecule has 0 unspecified atom stereocenters. The molecular weight excluding hydrogens is 302 g/mol. The van der Waals surface area contributed by atoms with Gasteiger partial charge in [-0.2, -0.15) is 0 Å². The third-order valence-electron chi connectivity index (χ3n) is 4.29. The smallest absolute Gasteiger partial charge is 0.220 e. The van der Waals surface area contributed by atoms with E-state index in [1.165, 1.54) is 0 Å². The van der Waals surface area contributed by atoms with Gasteiger partial charge in [-0.05, 0) is 34.1 Å². The highest BCUT2D eigenvalue weighted by molar-refractivity contribution is 5.76. The van der Waals surface area contributed by atoms with E-state index >= 15 is 0 Å². The molecule has 0 spiro atoms. The molecule has 5 atom stereocenters. The van der Waals surface area contributed by atoms with Gasteiger partial charge in [0.1, 0.15) is 18.3 Å². The van der Waals surface area contributed by atoms with Crippen LogP contribution in [0, 0.1) is 0 Å². The molecule has 132 valence electrons. The Morgan fingerprint density at radius 2 is 1.83 bits per heavy atom. The first-order valence-corrected chi connectivity index (χ1v) is 8.33. The fraction of sp³-hybridized carbons (Fsp3) is 0.938. The van der Waals surface area contributed by atoms with Crippen molar-refractivity contribution in [3.05, 3.63) is 0 Å². The van der Waals surface area contributed by atoms with Crippen LogP contribution in [0.2, 0.25) is 0 Å². The van der Waals surface area contributed by atoms with Crippen LogP contribution in [0.1, 0.15) is 47.5 Å². The second-order valence-electron chi connectivity index (χ2n) is 7.28. The molecule has 3 fully saturated rings. The molecule has 3 heterocycles. The lowest BCUT2D eigenvalue weighted by atomic mass is 10.0. The summed E-state index contributed by atoms with van der Waals surface area (Å²) < 4.78 is 29.3. The molecule has 7 nitrogen and oxygen atoms in total. The fourth-order valence-electron chi connectivity index (χ4n) is 3.38. The SMILES string of the molecule is CCCC(=O)N[C@H]1[C@H]2OC(C)(C)O[C@H]2O[C@@H]1[C@H]1COC(C)(C)O1. The summed E-state index contributed by atoms with van der Waals surface area (Å²) in [7, 11) is 0. The monoisotopic (exact) mass is 329 g/mol. The van der Waals surface area contributed by atoms with Crippen molar-refractivity contribution < 1.29 is 28.5 Å². The Kier molecular flexibility index (Phi) is 4.44. The Balaban J connectivity index is 1.75. The average Bonchev–Trinajstić information content (AvgIpc) is 3.01. The lowest BCUT2D eigenvalue weighted by molar-refractivity contribution is -0.223. The topological polar surface area (TPSA) is 75.3 Å². The van der Waals surface area contributed by atoms with Crippen molar-refractivity contribution in [2.24, 2.45) is 0 Å². The molecule has 0 saturated carbocycles. The Bertz CT molecular complexity index is 465. The van der Waals surface area contributed by atoms with Crippen LogP contribution in [-0.2, 0) is 28.5 Å². The molecule has 3 saturated heterocycles. The summed E-state index contributed by atoms with van der Waals surface area (Å²) in [6.45, 7) is 9.80. The number of carbonyl (C=O) groups is 1. The maximum Gasteiger partial charge on any atom is 0.220 e. The third-order valence-corrected chi connectivity index (χ3v) is 4.29. The molecule has 0 aromatic heterocycles. The van der Waals surface area contributed by atoms with Crippen molar-refractivity contribution in [1.29, 1.82) is 0 Å². The number of fused-ring (bicyclic) bond motifs is 1. The van der Waals surface area contributed by atoms with E-state index in [2.05, 4.69) is 5.32 Å². The van der Waals surface area contributed by atoms with Crippen LogP contribution >= 0.6 is 0 Å². The van der Waals surface area contributed by atoms with Crippen LogP contribution in [0.4, 0.5) is 0 Å². The third kappa shape index (κ3) is 3.53. The molecule has 0 radical (unpaired) electrons. The summed E-state index contributed by atoms with van der Waals surface area (Å²) in [5.41, 5.74) is 0. The number of rotatable bonds is 4. The first kappa shape index (κ1) is 17.1. The molecule has 0 aliphatic carbocycles. The summed E-state index contributed by atoms with van der Waals surface area (Å²) >= 11 is 0. The highest BCUT2D eigenvalue weighted by atomic mass is 16.8. The fourth-order valence-corrected chi connectivity index (χ4v) is 3.38. The number of hydrogen-bond acceptors (Lipinski definition) is 6. The summed E-state index contributed by atoms with van der Waals surface area (Å²) in [5.74, 6) is -1.39. The minimum atomic E-state index is -0.722. The van der Waals surface area contributed by atoms with Gasteiger partial charge >= 0.3 is 0 Å². The highest BCUT2D eigenvalue weighted by Gasteiger charge is 2.58. The Hall–Kier alpha value is -0.730. The normalized spacial score (nSPS) is 41.0. The molecule has 3 aliphatic rings. The molecule has 1 N–H and O–H groups in total. The van der Waals surface area contributed by atoms with Crippen LogP contribution < -0.4 is 5.32 Å². The minimum absolute atomic E-state index is 0.0155. The summed E-state index contributed by atoms with van der Waals surface area (Å²) in [4.78, 5) is 12.1. The molecule has 23 heavy (non-hydrogen) atoms.